The topological polar surface area (TPSA) is 50.2 Å². The van der Waals surface area contributed by atoms with Crippen molar-refractivity contribution >= 4 is 46.0 Å². The first-order valence-corrected chi connectivity index (χ1v) is 8.91. The summed E-state index contributed by atoms with van der Waals surface area (Å²) in [6.45, 7) is 0. The molecule has 122 valence electrons. The smallest absolute Gasteiger partial charge is 0.244 e. The molecule has 0 aliphatic heterocycles. The SMILES string of the molecule is Clc1ccc2nc(NN=Cc3cccs3)nc(-c3ccccc3)c2c1. The summed E-state index contributed by atoms with van der Waals surface area (Å²) in [6, 6.07) is 19.5. The number of thiophene rings is 1. The number of anilines is 1. The molecule has 0 unspecified atom stereocenters. The summed E-state index contributed by atoms with van der Waals surface area (Å²) in [5.74, 6) is 0.446. The third-order valence-electron chi connectivity index (χ3n) is 3.60. The number of hydrogen-bond donors (Lipinski definition) is 1. The number of fused-ring (bicyclic) bond motifs is 1. The highest BCUT2D eigenvalue weighted by molar-refractivity contribution is 7.11. The van der Waals surface area contributed by atoms with Gasteiger partial charge in [0.2, 0.25) is 5.95 Å². The molecule has 0 bridgehead atoms. The maximum Gasteiger partial charge on any atom is 0.244 e. The van der Waals surface area contributed by atoms with Crippen LogP contribution in [0.15, 0.2) is 71.1 Å². The van der Waals surface area contributed by atoms with E-state index in [1.54, 1.807) is 17.6 Å². The van der Waals surface area contributed by atoms with E-state index in [-0.39, 0.29) is 0 Å². The highest BCUT2D eigenvalue weighted by Gasteiger charge is 2.10. The summed E-state index contributed by atoms with van der Waals surface area (Å²) >= 11 is 7.78. The molecule has 4 aromatic rings. The predicted octanol–water partition coefficient (Wildman–Crippen LogP) is 5.46. The first kappa shape index (κ1) is 15.7. The molecule has 0 fully saturated rings. The van der Waals surface area contributed by atoms with Gasteiger partial charge in [-0.3, -0.25) is 0 Å². The molecule has 0 spiro atoms. The maximum absolute atomic E-state index is 6.17. The minimum atomic E-state index is 0.446. The van der Waals surface area contributed by atoms with Gasteiger partial charge in [-0.25, -0.2) is 15.4 Å². The van der Waals surface area contributed by atoms with Crippen molar-refractivity contribution in [1.82, 2.24) is 9.97 Å². The fraction of sp³-hybridized carbons (Fsp3) is 0. The molecule has 0 aliphatic rings. The second-order valence-corrected chi connectivity index (χ2v) is 6.72. The Labute approximate surface area is 153 Å². The zero-order valence-corrected chi connectivity index (χ0v) is 14.6. The molecule has 0 aliphatic carbocycles. The molecule has 0 radical (unpaired) electrons. The monoisotopic (exact) mass is 364 g/mol. The number of rotatable bonds is 4. The molecule has 0 atom stereocenters. The van der Waals surface area contributed by atoms with Gasteiger partial charge in [-0.2, -0.15) is 5.10 Å². The number of hydrogen-bond acceptors (Lipinski definition) is 5. The molecule has 0 saturated heterocycles. The molecular weight excluding hydrogens is 352 g/mol. The average molecular weight is 365 g/mol. The van der Waals surface area contributed by atoms with E-state index in [1.807, 2.05) is 66.0 Å². The van der Waals surface area contributed by atoms with E-state index in [2.05, 4.69) is 20.5 Å². The van der Waals surface area contributed by atoms with Crippen molar-refractivity contribution in [1.29, 1.82) is 0 Å². The number of halogens is 1. The van der Waals surface area contributed by atoms with Gasteiger partial charge in [-0.1, -0.05) is 48.0 Å². The van der Waals surface area contributed by atoms with Crippen LogP contribution in [0.3, 0.4) is 0 Å². The summed E-state index contributed by atoms with van der Waals surface area (Å²) in [4.78, 5) is 10.2. The molecule has 0 saturated carbocycles. The second-order valence-electron chi connectivity index (χ2n) is 5.31. The standard InChI is InChI=1S/C19H13ClN4S/c20-14-8-9-17-16(11-14)18(13-5-2-1-3-6-13)23-19(22-17)24-21-12-15-7-4-10-25-15/h1-12H,(H,22,23,24). The summed E-state index contributed by atoms with van der Waals surface area (Å²) in [7, 11) is 0. The normalized spacial score (nSPS) is 11.2. The van der Waals surface area contributed by atoms with E-state index < -0.39 is 0 Å². The van der Waals surface area contributed by atoms with Crippen LogP contribution in [0.5, 0.6) is 0 Å². The van der Waals surface area contributed by atoms with E-state index in [0.29, 0.717) is 11.0 Å². The van der Waals surface area contributed by atoms with Crippen LogP contribution in [0.4, 0.5) is 5.95 Å². The van der Waals surface area contributed by atoms with Crippen LogP contribution in [-0.4, -0.2) is 16.2 Å². The Kier molecular flexibility index (Phi) is 4.41. The van der Waals surface area contributed by atoms with E-state index in [0.717, 1.165) is 27.0 Å². The van der Waals surface area contributed by atoms with E-state index in [9.17, 15) is 0 Å². The third kappa shape index (κ3) is 3.52. The molecular formula is C19H13ClN4S. The van der Waals surface area contributed by atoms with Crippen molar-refractivity contribution in [3.8, 4) is 11.3 Å². The van der Waals surface area contributed by atoms with Gasteiger partial charge in [0.25, 0.3) is 0 Å². The van der Waals surface area contributed by atoms with E-state index >= 15 is 0 Å². The lowest BCUT2D eigenvalue weighted by Crippen LogP contribution is -1.99. The van der Waals surface area contributed by atoms with Gasteiger partial charge in [0.05, 0.1) is 17.4 Å². The van der Waals surface area contributed by atoms with Crippen LogP contribution in [0.25, 0.3) is 22.2 Å². The summed E-state index contributed by atoms with van der Waals surface area (Å²) in [5.41, 5.74) is 5.56. The van der Waals surface area contributed by atoms with Crippen molar-refractivity contribution in [3.05, 3.63) is 75.9 Å². The Morgan fingerprint density at radius 3 is 2.68 bits per heavy atom. The Hall–Kier alpha value is -2.76. The predicted molar refractivity (Wildman–Crippen MR) is 106 cm³/mol. The van der Waals surface area contributed by atoms with Crippen molar-refractivity contribution in [2.24, 2.45) is 5.10 Å². The molecule has 2 aromatic carbocycles. The summed E-state index contributed by atoms with van der Waals surface area (Å²) in [5, 5.41) is 7.80. The summed E-state index contributed by atoms with van der Waals surface area (Å²) < 4.78 is 0. The molecule has 4 rings (SSSR count). The lowest BCUT2D eigenvalue weighted by atomic mass is 10.1. The van der Waals surface area contributed by atoms with E-state index in [1.165, 1.54) is 0 Å². The Balaban J connectivity index is 1.77. The molecule has 2 aromatic heterocycles. The molecule has 4 nitrogen and oxygen atoms in total. The first-order valence-electron chi connectivity index (χ1n) is 7.65. The van der Waals surface area contributed by atoms with Gasteiger partial charge < -0.3 is 0 Å². The molecule has 0 amide bonds. The molecule has 2 heterocycles. The van der Waals surface area contributed by atoms with Gasteiger partial charge in [0.1, 0.15) is 0 Å². The van der Waals surface area contributed by atoms with Gasteiger partial charge in [0.15, 0.2) is 0 Å². The third-order valence-corrected chi connectivity index (χ3v) is 4.65. The van der Waals surface area contributed by atoms with Crippen LogP contribution >= 0.6 is 22.9 Å². The highest BCUT2D eigenvalue weighted by atomic mass is 35.5. The fourth-order valence-corrected chi connectivity index (χ4v) is 3.24. The Bertz CT molecular complexity index is 1030. The van der Waals surface area contributed by atoms with Crippen LogP contribution in [0.2, 0.25) is 5.02 Å². The van der Waals surface area contributed by atoms with Crippen LogP contribution < -0.4 is 5.43 Å². The van der Waals surface area contributed by atoms with Crippen LogP contribution in [-0.2, 0) is 0 Å². The second kappa shape index (κ2) is 7.01. The van der Waals surface area contributed by atoms with Crippen molar-refractivity contribution < 1.29 is 0 Å². The van der Waals surface area contributed by atoms with Crippen LogP contribution in [0.1, 0.15) is 4.88 Å². The van der Waals surface area contributed by atoms with Crippen molar-refractivity contribution in [3.63, 3.8) is 0 Å². The zero-order chi connectivity index (χ0) is 17.1. The number of benzene rings is 2. The van der Waals surface area contributed by atoms with Gasteiger partial charge in [-0.15, -0.1) is 11.3 Å². The molecule has 1 N–H and O–H groups in total. The minimum absolute atomic E-state index is 0.446. The highest BCUT2D eigenvalue weighted by Crippen LogP contribution is 2.29. The van der Waals surface area contributed by atoms with Crippen molar-refractivity contribution in [2.75, 3.05) is 5.43 Å². The fourth-order valence-electron chi connectivity index (χ4n) is 2.49. The minimum Gasteiger partial charge on any atom is -0.245 e. The van der Waals surface area contributed by atoms with Crippen LogP contribution in [0, 0.1) is 0 Å². The lowest BCUT2D eigenvalue weighted by Gasteiger charge is -2.08. The number of nitrogens with one attached hydrogen (secondary N) is 1. The quantitative estimate of drug-likeness (QED) is 0.386. The van der Waals surface area contributed by atoms with Gasteiger partial charge in [0, 0.05) is 20.8 Å². The zero-order valence-electron chi connectivity index (χ0n) is 13.1. The Morgan fingerprint density at radius 2 is 1.88 bits per heavy atom. The molecule has 25 heavy (non-hydrogen) atoms. The van der Waals surface area contributed by atoms with E-state index in [4.69, 9.17) is 11.6 Å². The van der Waals surface area contributed by atoms with Gasteiger partial charge >= 0.3 is 0 Å². The summed E-state index contributed by atoms with van der Waals surface area (Å²) in [6.07, 6.45) is 1.75. The number of hydrazone groups is 1. The number of aromatic nitrogens is 2. The lowest BCUT2D eigenvalue weighted by molar-refractivity contribution is 1.16. The average Bonchev–Trinajstić information content (AvgIpc) is 3.15. The molecule has 6 heteroatoms. The number of nitrogens with zero attached hydrogens (tertiary/aromatic N) is 3. The van der Waals surface area contributed by atoms with Gasteiger partial charge in [-0.05, 0) is 29.6 Å². The first-order chi connectivity index (χ1) is 12.3. The maximum atomic E-state index is 6.17. The van der Waals surface area contributed by atoms with Crippen molar-refractivity contribution in [2.45, 2.75) is 0 Å². The Morgan fingerprint density at radius 1 is 1.00 bits per heavy atom. The largest absolute Gasteiger partial charge is 0.245 e.